The molecule has 0 fully saturated rings. The summed E-state index contributed by atoms with van der Waals surface area (Å²) in [4.78, 5) is 15.6. The predicted octanol–water partition coefficient (Wildman–Crippen LogP) is 3.27. The molecule has 1 N–H and O–H groups in total. The summed E-state index contributed by atoms with van der Waals surface area (Å²) in [5, 5.41) is 1.66. The highest BCUT2D eigenvalue weighted by Crippen LogP contribution is 2.33. The monoisotopic (exact) mass is 373 g/mol. The van der Waals surface area contributed by atoms with Crippen LogP contribution in [0.25, 0.3) is 10.9 Å². The SMILES string of the molecule is O=c1[nH]c2[n+](c3ccccc13)C(c1ccccc1)C(Br)CS2. The van der Waals surface area contributed by atoms with E-state index in [0.717, 1.165) is 21.8 Å². The van der Waals surface area contributed by atoms with Gasteiger partial charge in [0.05, 0.1) is 4.83 Å². The van der Waals surface area contributed by atoms with Crippen LogP contribution in [0.15, 0.2) is 64.5 Å². The molecule has 0 bridgehead atoms. The molecule has 3 nitrogen and oxygen atoms in total. The molecule has 2 unspecified atom stereocenters. The van der Waals surface area contributed by atoms with Gasteiger partial charge in [0, 0.05) is 5.75 Å². The Kier molecular flexibility index (Phi) is 3.54. The fourth-order valence-corrected chi connectivity index (χ4v) is 4.96. The molecule has 3 aromatic rings. The predicted molar refractivity (Wildman–Crippen MR) is 92.8 cm³/mol. The van der Waals surface area contributed by atoms with E-state index in [9.17, 15) is 4.79 Å². The van der Waals surface area contributed by atoms with Gasteiger partial charge < -0.3 is 0 Å². The maximum absolute atomic E-state index is 12.3. The van der Waals surface area contributed by atoms with Gasteiger partial charge in [-0.15, -0.1) is 0 Å². The van der Waals surface area contributed by atoms with E-state index in [2.05, 4.69) is 49.7 Å². The second kappa shape index (κ2) is 5.56. The molecule has 0 radical (unpaired) electrons. The maximum Gasteiger partial charge on any atom is 0.343 e. The molecule has 5 heteroatoms. The lowest BCUT2D eigenvalue weighted by atomic mass is 10.0. The van der Waals surface area contributed by atoms with Crippen LogP contribution in [0, 0.1) is 0 Å². The summed E-state index contributed by atoms with van der Waals surface area (Å²) >= 11 is 5.52. The minimum atomic E-state index is -0.0193. The minimum absolute atomic E-state index is 0.0193. The molecule has 0 amide bonds. The molecule has 1 aliphatic rings. The number of rotatable bonds is 1. The van der Waals surface area contributed by atoms with Crippen molar-refractivity contribution in [2.45, 2.75) is 16.0 Å². The smallest absolute Gasteiger partial charge is 0.241 e. The molecule has 2 atom stereocenters. The van der Waals surface area contributed by atoms with Gasteiger partial charge >= 0.3 is 10.7 Å². The summed E-state index contributed by atoms with van der Waals surface area (Å²) < 4.78 is 2.25. The Hall–Kier alpha value is -1.59. The van der Waals surface area contributed by atoms with Gasteiger partial charge in [-0.1, -0.05) is 58.4 Å². The van der Waals surface area contributed by atoms with Crippen LogP contribution >= 0.6 is 27.7 Å². The number of H-pyrrole nitrogens is 1. The van der Waals surface area contributed by atoms with Gasteiger partial charge in [0.1, 0.15) is 16.9 Å². The van der Waals surface area contributed by atoms with Crippen LogP contribution in [0.2, 0.25) is 0 Å². The molecule has 0 saturated carbocycles. The number of benzene rings is 2. The first kappa shape index (κ1) is 14.0. The Balaban J connectivity index is 2.05. The lowest BCUT2D eigenvalue weighted by Gasteiger charge is -2.27. The summed E-state index contributed by atoms with van der Waals surface area (Å²) in [6.07, 6.45) is 0. The maximum atomic E-state index is 12.3. The van der Waals surface area contributed by atoms with Crippen molar-refractivity contribution in [3.63, 3.8) is 0 Å². The van der Waals surface area contributed by atoms with Gasteiger partial charge in [-0.25, -0.2) is 9.36 Å². The molecule has 1 aliphatic heterocycles. The zero-order valence-electron chi connectivity index (χ0n) is 11.7. The molecule has 1 aromatic heterocycles. The van der Waals surface area contributed by atoms with Gasteiger partial charge in [0.25, 0.3) is 0 Å². The van der Waals surface area contributed by atoms with Crippen LogP contribution in [-0.4, -0.2) is 15.6 Å². The van der Waals surface area contributed by atoms with Gasteiger partial charge in [0.2, 0.25) is 0 Å². The summed E-state index contributed by atoms with van der Waals surface area (Å²) in [6, 6.07) is 18.4. The normalized spacial score (nSPS) is 20.8. The van der Waals surface area contributed by atoms with E-state index in [-0.39, 0.29) is 11.6 Å². The molecular weight excluding hydrogens is 360 g/mol. The number of alkyl halides is 1. The number of nitrogens with zero attached hydrogens (tertiary/aromatic N) is 1. The molecule has 2 heterocycles. The molecule has 0 saturated heterocycles. The number of fused-ring (bicyclic) bond motifs is 3. The topological polar surface area (TPSA) is 36.7 Å². The molecule has 22 heavy (non-hydrogen) atoms. The average molecular weight is 374 g/mol. The van der Waals surface area contributed by atoms with Gasteiger partial charge in [-0.3, -0.25) is 0 Å². The van der Waals surface area contributed by atoms with Crippen LogP contribution < -0.4 is 10.1 Å². The Morgan fingerprint density at radius 1 is 1.09 bits per heavy atom. The number of aromatic nitrogens is 2. The number of aromatic amines is 1. The Morgan fingerprint density at radius 2 is 1.82 bits per heavy atom. The van der Waals surface area contributed by atoms with Gasteiger partial charge in [-0.05, 0) is 29.5 Å². The van der Waals surface area contributed by atoms with Crippen molar-refractivity contribution >= 4 is 38.6 Å². The largest absolute Gasteiger partial charge is 0.343 e. The van der Waals surface area contributed by atoms with E-state index in [4.69, 9.17) is 0 Å². The minimum Gasteiger partial charge on any atom is -0.241 e. The van der Waals surface area contributed by atoms with Gasteiger partial charge in [0.15, 0.2) is 0 Å². The van der Waals surface area contributed by atoms with Crippen molar-refractivity contribution in [3.8, 4) is 0 Å². The first-order valence-corrected chi connectivity index (χ1v) is 9.04. The van der Waals surface area contributed by atoms with E-state index in [1.54, 1.807) is 11.8 Å². The van der Waals surface area contributed by atoms with Crippen LogP contribution in [-0.2, 0) is 0 Å². The van der Waals surface area contributed by atoms with E-state index in [1.807, 2.05) is 30.3 Å². The molecule has 4 rings (SSSR count). The molecular formula is C17H14BrN2OS+. The second-order valence-corrected chi connectivity index (χ2v) is 7.51. The third kappa shape index (κ3) is 2.20. The fraction of sp³-hybridized carbons (Fsp3) is 0.176. The highest BCUT2D eigenvalue weighted by Gasteiger charge is 2.36. The van der Waals surface area contributed by atoms with Gasteiger partial charge in [-0.2, -0.15) is 4.98 Å². The number of para-hydroxylation sites is 1. The molecule has 110 valence electrons. The van der Waals surface area contributed by atoms with E-state index >= 15 is 0 Å². The lowest BCUT2D eigenvalue weighted by Crippen LogP contribution is -2.52. The highest BCUT2D eigenvalue weighted by atomic mass is 79.9. The van der Waals surface area contributed by atoms with Crippen molar-refractivity contribution in [1.82, 2.24) is 4.98 Å². The Morgan fingerprint density at radius 3 is 2.64 bits per heavy atom. The average Bonchev–Trinajstić information content (AvgIpc) is 2.56. The van der Waals surface area contributed by atoms with E-state index < -0.39 is 0 Å². The molecule has 0 aliphatic carbocycles. The van der Waals surface area contributed by atoms with Crippen molar-refractivity contribution < 1.29 is 4.57 Å². The van der Waals surface area contributed by atoms with Crippen LogP contribution in [0.4, 0.5) is 0 Å². The van der Waals surface area contributed by atoms with Crippen molar-refractivity contribution in [2.24, 2.45) is 0 Å². The van der Waals surface area contributed by atoms with Crippen LogP contribution in [0.1, 0.15) is 11.6 Å². The number of hydrogen-bond donors (Lipinski definition) is 1. The van der Waals surface area contributed by atoms with E-state index in [1.165, 1.54) is 5.56 Å². The van der Waals surface area contributed by atoms with Crippen molar-refractivity contribution in [3.05, 3.63) is 70.5 Å². The third-order valence-corrected chi connectivity index (χ3v) is 6.34. The highest BCUT2D eigenvalue weighted by molar-refractivity contribution is 9.09. The summed E-state index contributed by atoms with van der Waals surface area (Å²) in [5.41, 5.74) is 2.20. The number of hydrogen-bond acceptors (Lipinski definition) is 2. The first-order chi connectivity index (χ1) is 10.8. The Labute approximate surface area is 140 Å². The summed E-state index contributed by atoms with van der Waals surface area (Å²) in [5.74, 6) is 0.924. The first-order valence-electron chi connectivity index (χ1n) is 7.14. The number of halogens is 1. The standard InChI is InChI=1S/C17H13BrN2OS/c18-13-10-22-17-19-16(21)12-8-4-5-9-14(12)20(17)15(13)11-6-2-1-3-7-11/h1-9,13,15H,10H2/p+1. The quantitative estimate of drug-likeness (QED) is 0.403. The lowest BCUT2D eigenvalue weighted by molar-refractivity contribution is -0.729. The Bertz CT molecular complexity index is 894. The third-order valence-electron chi connectivity index (χ3n) is 3.99. The zero-order chi connectivity index (χ0) is 15.1. The number of nitrogens with one attached hydrogen (secondary N) is 1. The molecule has 0 spiro atoms. The molecule has 2 aromatic carbocycles. The van der Waals surface area contributed by atoms with Crippen molar-refractivity contribution in [2.75, 3.05) is 5.75 Å². The van der Waals surface area contributed by atoms with Crippen molar-refractivity contribution in [1.29, 1.82) is 0 Å². The fourth-order valence-electron chi connectivity index (χ4n) is 3.01. The van der Waals surface area contributed by atoms with Crippen LogP contribution in [0.5, 0.6) is 0 Å². The zero-order valence-corrected chi connectivity index (χ0v) is 14.1. The van der Waals surface area contributed by atoms with Crippen LogP contribution in [0.3, 0.4) is 0 Å². The number of thioether (sulfide) groups is 1. The second-order valence-electron chi connectivity index (χ2n) is 5.33. The summed E-state index contributed by atoms with van der Waals surface area (Å²) in [6.45, 7) is 0. The summed E-state index contributed by atoms with van der Waals surface area (Å²) in [7, 11) is 0. The van der Waals surface area contributed by atoms with E-state index in [0.29, 0.717) is 4.83 Å².